The molecule has 0 saturated carbocycles. The highest BCUT2D eigenvalue weighted by Crippen LogP contribution is 2.30. The van der Waals surface area contributed by atoms with Crippen molar-refractivity contribution in [2.24, 2.45) is 0 Å². The zero-order valence-corrected chi connectivity index (χ0v) is 25.0. The maximum absolute atomic E-state index is 14.0. The van der Waals surface area contributed by atoms with Gasteiger partial charge in [-0.05, 0) is 88.7 Å². The van der Waals surface area contributed by atoms with Crippen LogP contribution in [0, 0.1) is 11.3 Å². The first-order valence-electron chi connectivity index (χ1n) is 15.0. The quantitative estimate of drug-likeness (QED) is 0.246. The molecule has 44 heavy (non-hydrogen) atoms. The third-order valence-electron chi connectivity index (χ3n) is 8.59. The molecule has 1 amide bonds. The number of nitrogen functional groups attached to an aromatic ring is 1. The maximum Gasteiger partial charge on any atom is 0.335 e. The predicted molar refractivity (Wildman–Crippen MR) is 167 cm³/mol. The van der Waals surface area contributed by atoms with E-state index in [2.05, 4.69) is 34.8 Å². The number of carbonyl (C=O) groups excluding carboxylic acids is 1. The monoisotopic (exact) mass is 592 g/mol. The Labute approximate surface area is 255 Å². The van der Waals surface area contributed by atoms with Crippen LogP contribution < -0.4 is 16.2 Å². The molecular weight excluding hydrogens is 556 g/mol. The topological polar surface area (TPSA) is 135 Å². The number of nitriles is 1. The maximum atomic E-state index is 14.0. The molecule has 2 fully saturated rings. The molecule has 0 bridgehead atoms. The first-order chi connectivity index (χ1) is 21.3. The van der Waals surface area contributed by atoms with E-state index in [1.165, 1.54) is 17.3 Å². The Hall–Kier alpha value is -4.95. The molecule has 2 aromatic heterocycles. The second-order valence-electron chi connectivity index (χ2n) is 11.9. The standard InChI is InChI=1S/C33H36N8O3/c1-33(2,39-16-7-4-8-17-39)19-23(20-34)31(42)38-18-15-25(21-38)41-30-28(29(35)36-22-37-30)40(32(41)43)24-11-13-27(14-12-24)44-26-9-5-3-6-10-26/h3,5-6,9-14,19,22,25H,4,7-8,15-18,21H2,1-2H3,(H2,35,36,37). The molecule has 0 radical (unpaired) electrons. The van der Waals surface area contributed by atoms with E-state index in [0.29, 0.717) is 41.3 Å². The summed E-state index contributed by atoms with van der Waals surface area (Å²) in [5.74, 6) is 1.18. The molecule has 4 heterocycles. The fourth-order valence-corrected chi connectivity index (χ4v) is 6.29. The summed E-state index contributed by atoms with van der Waals surface area (Å²) in [5, 5.41) is 9.97. The number of amides is 1. The number of benzene rings is 2. The first kappa shape index (κ1) is 29.1. The Bertz CT molecular complexity index is 1800. The van der Waals surface area contributed by atoms with Crippen LogP contribution in [0.2, 0.25) is 0 Å². The van der Waals surface area contributed by atoms with Crippen molar-refractivity contribution in [2.75, 3.05) is 31.9 Å². The van der Waals surface area contributed by atoms with Gasteiger partial charge in [0.25, 0.3) is 5.91 Å². The summed E-state index contributed by atoms with van der Waals surface area (Å²) in [6.07, 6.45) is 7.10. The third kappa shape index (κ3) is 5.56. The minimum atomic E-state index is -0.416. The van der Waals surface area contributed by atoms with Gasteiger partial charge in [-0.15, -0.1) is 0 Å². The second-order valence-corrected chi connectivity index (χ2v) is 11.9. The van der Waals surface area contributed by atoms with Crippen molar-refractivity contribution in [1.82, 2.24) is 28.9 Å². The SMILES string of the molecule is CC(C)(C=C(C#N)C(=O)N1CCC(n2c(=O)n(-c3ccc(Oc4ccccc4)cc3)c3c(N)ncnc32)C1)N1CCCCC1. The minimum Gasteiger partial charge on any atom is -0.457 e. The predicted octanol–water partition coefficient (Wildman–Crippen LogP) is 4.44. The highest BCUT2D eigenvalue weighted by molar-refractivity contribution is 5.97. The number of rotatable bonds is 7. The van der Waals surface area contributed by atoms with E-state index in [0.717, 1.165) is 25.9 Å². The van der Waals surface area contributed by atoms with Crippen molar-refractivity contribution in [3.63, 3.8) is 0 Å². The molecule has 2 aliphatic rings. The molecule has 0 aliphatic carbocycles. The number of nitrogens with zero attached hydrogens (tertiary/aromatic N) is 7. The largest absolute Gasteiger partial charge is 0.457 e. The van der Waals surface area contributed by atoms with Crippen molar-refractivity contribution in [2.45, 2.75) is 51.1 Å². The average molecular weight is 593 g/mol. The molecule has 11 heteroatoms. The molecule has 2 aromatic carbocycles. The Morgan fingerprint density at radius 3 is 2.43 bits per heavy atom. The van der Waals surface area contributed by atoms with Gasteiger partial charge in [0.15, 0.2) is 11.5 Å². The lowest BCUT2D eigenvalue weighted by Gasteiger charge is -2.39. The summed E-state index contributed by atoms with van der Waals surface area (Å²) >= 11 is 0. The van der Waals surface area contributed by atoms with Crippen LogP contribution in [0.25, 0.3) is 16.9 Å². The van der Waals surface area contributed by atoms with E-state index >= 15 is 0 Å². The van der Waals surface area contributed by atoms with Crippen LogP contribution in [0.5, 0.6) is 11.5 Å². The summed E-state index contributed by atoms with van der Waals surface area (Å²) < 4.78 is 9.02. The van der Waals surface area contributed by atoms with Gasteiger partial charge in [-0.2, -0.15) is 5.26 Å². The van der Waals surface area contributed by atoms with Crippen molar-refractivity contribution in [1.29, 1.82) is 5.26 Å². The van der Waals surface area contributed by atoms with Gasteiger partial charge in [0, 0.05) is 18.6 Å². The lowest BCUT2D eigenvalue weighted by Crippen LogP contribution is -2.46. The van der Waals surface area contributed by atoms with Crippen molar-refractivity contribution < 1.29 is 9.53 Å². The number of hydrogen-bond acceptors (Lipinski definition) is 8. The zero-order valence-electron chi connectivity index (χ0n) is 25.0. The molecule has 226 valence electrons. The number of anilines is 1. The smallest absolute Gasteiger partial charge is 0.335 e. The van der Waals surface area contributed by atoms with Crippen LogP contribution in [-0.2, 0) is 4.79 Å². The molecule has 4 aromatic rings. The first-order valence-corrected chi connectivity index (χ1v) is 15.0. The van der Waals surface area contributed by atoms with Gasteiger partial charge < -0.3 is 15.4 Å². The molecule has 6 rings (SSSR count). The normalized spacial score (nSPS) is 18.0. The Morgan fingerprint density at radius 2 is 1.73 bits per heavy atom. The summed E-state index contributed by atoms with van der Waals surface area (Å²) in [5.41, 5.74) is 7.07. The number of aromatic nitrogens is 4. The number of hydrogen-bond donors (Lipinski definition) is 1. The number of carbonyl (C=O) groups is 1. The van der Waals surface area contributed by atoms with Gasteiger partial charge in [-0.3, -0.25) is 18.8 Å². The van der Waals surface area contributed by atoms with Gasteiger partial charge >= 0.3 is 5.69 Å². The van der Waals surface area contributed by atoms with Crippen LogP contribution in [0.15, 0.2) is 77.4 Å². The average Bonchev–Trinajstić information content (AvgIpc) is 3.64. The molecule has 1 unspecified atom stereocenters. The van der Waals surface area contributed by atoms with Gasteiger partial charge in [0.2, 0.25) is 0 Å². The van der Waals surface area contributed by atoms with E-state index in [1.54, 1.807) is 39.8 Å². The number of piperidine rings is 1. The minimum absolute atomic E-state index is 0.125. The summed E-state index contributed by atoms with van der Waals surface area (Å²) in [7, 11) is 0. The molecule has 1 atom stereocenters. The lowest BCUT2D eigenvalue weighted by atomic mass is 9.95. The highest BCUT2D eigenvalue weighted by atomic mass is 16.5. The molecule has 11 nitrogen and oxygen atoms in total. The molecule has 2 saturated heterocycles. The summed E-state index contributed by atoms with van der Waals surface area (Å²) in [6, 6.07) is 18.4. The zero-order chi connectivity index (χ0) is 30.8. The van der Waals surface area contributed by atoms with E-state index in [9.17, 15) is 14.9 Å². The number of ether oxygens (including phenoxy) is 1. The fraction of sp³-hybridized carbons (Fsp3) is 0.364. The van der Waals surface area contributed by atoms with E-state index in [4.69, 9.17) is 10.5 Å². The third-order valence-corrected chi connectivity index (χ3v) is 8.59. The van der Waals surface area contributed by atoms with E-state index in [1.807, 2.05) is 30.3 Å². The van der Waals surface area contributed by atoms with Crippen LogP contribution >= 0.6 is 0 Å². The Kier molecular flexibility index (Phi) is 7.93. The Morgan fingerprint density at radius 1 is 1.02 bits per heavy atom. The number of imidazole rings is 1. The van der Waals surface area contributed by atoms with Crippen molar-refractivity contribution in [3.05, 3.63) is 83.1 Å². The lowest BCUT2D eigenvalue weighted by molar-refractivity contribution is -0.125. The van der Waals surface area contributed by atoms with Crippen LogP contribution in [0.3, 0.4) is 0 Å². The van der Waals surface area contributed by atoms with Gasteiger partial charge in [0.05, 0.1) is 11.7 Å². The van der Waals surface area contributed by atoms with E-state index in [-0.39, 0.29) is 35.6 Å². The number of para-hydroxylation sites is 1. The summed E-state index contributed by atoms with van der Waals surface area (Å²) in [4.78, 5) is 40.2. The van der Waals surface area contributed by atoms with E-state index < -0.39 is 5.54 Å². The van der Waals surface area contributed by atoms with Gasteiger partial charge in [-0.1, -0.05) is 24.6 Å². The molecule has 0 spiro atoms. The Balaban J connectivity index is 1.28. The van der Waals surface area contributed by atoms with Gasteiger partial charge in [-0.25, -0.2) is 14.8 Å². The number of likely N-dealkylation sites (tertiary alicyclic amines) is 2. The molecule has 2 aliphatic heterocycles. The highest BCUT2D eigenvalue weighted by Gasteiger charge is 2.34. The number of nitrogens with two attached hydrogens (primary N) is 1. The van der Waals surface area contributed by atoms with Crippen LogP contribution in [0.1, 0.15) is 45.6 Å². The van der Waals surface area contributed by atoms with Crippen molar-refractivity contribution >= 4 is 22.9 Å². The summed E-state index contributed by atoms with van der Waals surface area (Å²) in [6.45, 7) is 6.68. The second kappa shape index (κ2) is 12.0. The van der Waals surface area contributed by atoms with Crippen molar-refractivity contribution in [3.8, 4) is 23.3 Å². The molecular formula is C33H36N8O3. The van der Waals surface area contributed by atoms with Gasteiger partial charge in [0.1, 0.15) is 35.0 Å². The van der Waals surface area contributed by atoms with Crippen LogP contribution in [-0.4, -0.2) is 66.5 Å². The fourth-order valence-electron chi connectivity index (χ4n) is 6.29. The molecule has 2 N–H and O–H groups in total. The number of fused-ring (bicyclic) bond motifs is 1. The van der Waals surface area contributed by atoms with Crippen LogP contribution in [0.4, 0.5) is 5.82 Å².